The molecule has 0 saturated carbocycles. The van der Waals surface area contributed by atoms with E-state index in [1.807, 2.05) is 0 Å². The molecule has 1 heterocycles. The van der Waals surface area contributed by atoms with E-state index in [2.05, 4.69) is 23.6 Å². The van der Waals surface area contributed by atoms with Gasteiger partial charge >= 0.3 is 29.2 Å². The van der Waals surface area contributed by atoms with Crippen LogP contribution in [-0.2, 0) is 35.1 Å². The lowest BCUT2D eigenvalue weighted by molar-refractivity contribution is -0.151. The molecule has 1 rings (SSSR count). The van der Waals surface area contributed by atoms with Gasteiger partial charge in [-0.25, -0.2) is 19.2 Å². The Kier molecular flexibility index (Phi) is 9.79. The van der Waals surface area contributed by atoms with Crippen molar-refractivity contribution in [2.24, 2.45) is 0 Å². The summed E-state index contributed by atoms with van der Waals surface area (Å²) in [5.41, 5.74) is 0. The Morgan fingerprint density at radius 1 is 1.10 bits per heavy atom. The molecule has 0 aliphatic heterocycles. The van der Waals surface area contributed by atoms with Crippen LogP contribution in [0.2, 0.25) is 0 Å². The third-order valence-electron chi connectivity index (χ3n) is 2.91. The topological polar surface area (TPSA) is 161 Å². The molecule has 29 heavy (non-hydrogen) atoms. The summed E-state index contributed by atoms with van der Waals surface area (Å²) in [5.74, 6) is -2.40. The predicted octanol–water partition coefficient (Wildman–Crippen LogP) is 1.48. The molecule has 13 heteroatoms. The number of carbonyl (C=O) groups is 4. The van der Waals surface area contributed by atoms with Crippen molar-refractivity contribution in [3.05, 3.63) is 22.1 Å². The molecule has 1 amide bonds. The van der Waals surface area contributed by atoms with Gasteiger partial charge in [0.25, 0.3) is 0 Å². The molecule has 0 aliphatic carbocycles. The monoisotopic (exact) mass is 435 g/mol. The molecule has 0 unspecified atom stereocenters. The highest BCUT2D eigenvalue weighted by Gasteiger charge is 2.26. The SMILES string of the molecule is CC(=O)OCOC(=O)N[C@@H](CSC(=O)OCc1oc(=O)oc1C)C(=O)OC(C)C. The fourth-order valence-electron chi connectivity index (χ4n) is 1.66. The quantitative estimate of drug-likeness (QED) is 0.338. The van der Waals surface area contributed by atoms with E-state index in [-0.39, 0.29) is 23.9 Å². The summed E-state index contributed by atoms with van der Waals surface area (Å²) in [6.45, 7) is 4.82. The molecule has 1 aromatic heterocycles. The number of esters is 2. The van der Waals surface area contributed by atoms with Crippen molar-refractivity contribution >= 4 is 35.1 Å². The number of carbonyl (C=O) groups excluding carboxylic acids is 4. The van der Waals surface area contributed by atoms with Gasteiger partial charge in [0, 0.05) is 12.7 Å². The maximum Gasteiger partial charge on any atom is 0.519 e. The lowest BCUT2D eigenvalue weighted by Gasteiger charge is -2.18. The van der Waals surface area contributed by atoms with Crippen LogP contribution in [0.25, 0.3) is 0 Å². The number of rotatable bonds is 9. The number of hydrogen-bond donors (Lipinski definition) is 1. The first-order valence-corrected chi connectivity index (χ1v) is 9.23. The van der Waals surface area contributed by atoms with Crippen LogP contribution in [0.4, 0.5) is 9.59 Å². The van der Waals surface area contributed by atoms with Gasteiger partial charge in [-0.2, -0.15) is 0 Å². The molecule has 12 nitrogen and oxygen atoms in total. The Labute approximate surface area is 169 Å². The van der Waals surface area contributed by atoms with Gasteiger partial charge in [0.05, 0.1) is 6.10 Å². The van der Waals surface area contributed by atoms with Crippen LogP contribution in [0.3, 0.4) is 0 Å². The first-order valence-electron chi connectivity index (χ1n) is 8.24. The molecular formula is C16H21NO11S. The lowest BCUT2D eigenvalue weighted by atomic mass is 10.3. The number of hydrogen-bond acceptors (Lipinski definition) is 12. The Morgan fingerprint density at radius 2 is 1.79 bits per heavy atom. The van der Waals surface area contributed by atoms with E-state index in [9.17, 15) is 24.0 Å². The minimum atomic E-state index is -1.24. The van der Waals surface area contributed by atoms with Crippen LogP contribution in [-0.4, -0.2) is 48.0 Å². The van der Waals surface area contributed by atoms with Crippen LogP contribution < -0.4 is 11.1 Å². The number of aryl methyl sites for hydroxylation is 1. The van der Waals surface area contributed by atoms with Crippen molar-refractivity contribution < 1.29 is 47.0 Å². The second-order valence-corrected chi connectivity index (χ2v) is 6.61. The summed E-state index contributed by atoms with van der Waals surface area (Å²) in [6, 6.07) is -1.24. The zero-order valence-electron chi connectivity index (χ0n) is 16.2. The third kappa shape index (κ3) is 9.69. The number of thioether (sulfide) groups is 1. The van der Waals surface area contributed by atoms with E-state index in [4.69, 9.17) is 9.47 Å². The minimum absolute atomic E-state index is 0.0480. The van der Waals surface area contributed by atoms with Crippen molar-refractivity contribution in [2.45, 2.75) is 46.4 Å². The first-order chi connectivity index (χ1) is 13.6. The van der Waals surface area contributed by atoms with Crippen molar-refractivity contribution in [2.75, 3.05) is 12.5 Å². The molecule has 0 bridgehead atoms. The molecule has 0 aromatic carbocycles. The highest BCUT2D eigenvalue weighted by Crippen LogP contribution is 2.13. The van der Waals surface area contributed by atoms with Crippen LogP contribution in [0.5, 0.6) is 0 Å². The van der Waals surface area contributed by atoms with Crippen LogP contribution >= 0.6 is 11.8 Å². The van der Waals surface area contributed by atoms with Gasteiger partial charge in [-0.3, -0.25) is 4.79 Å². The summed E-state index contributed by atoms with van der Waals surface area (Å²) in [5, 5.41) is 1.41. The predicted molar refractivity (Wildman–Crippen MR) is 95.9 cm³/mol. The molecule has 1 N–H and O–H groups in total. The molecule has 1 atom stereocenters. The van der Waals surface area contributed by atoms with E-state index < -0.39 is 48.1 Å². The molecule has 0 saturated heterocycles. The maximum atomic E-state index is 12.1. The van der Waals surface area contributed by atoms with Crippen molar-refractivity contribution in [3.8, 4) is 0 Å². The summed E-state index contributed by atoms with van der Waals surface area (Å²) in [4.78, 5) is 57.3. The fourth-order valence-corrected chi connectivity index (χ4v) is 2.32. The highest BCUT2D eigenvalue weighted by atomic mass is 32.2. The number of amides is 1. The molecule has 0 spiro atoms. The summed E-state index contributed by atoms with van der Waals surface area (Å²) in [6.07, 6.45) is -1.52. The van der Waals surface area contributed by atoms with Crippen LogP contribution in [0, 0.1) is 6.92 Å². The van der Waals surface area contributed by atoms with E-state index in [0.717, 1.165) is 6.92 Å². The Bertz CT molecular complexity index is 782. The molecule has 0 aliphatic rings. The summed E-state index contributed by atoms with van der Waals surface area (Å²) >= 11 is 0.575. The van der Waals surface area contributed by atoms with Gasteiger partial charge in [0.2, 0.25) is 6.79 Å². The van der Waals surface area contributed by atoms with E-state index in [1.54, 1.807) is 13.8 Å². The molecule has 0 fully saturated rings. The maximum absolute atomic E-state index is 12.1. The minimum Gasteiger partial charge on any atom is -0.461 e. The molecular weight excluding hydrogens is 414 g/mol. The molecule has 162 valence electrons. The second kappa shape index (κ2) is 11.8. The van der Waals surface area contributed by atoms with E-state index >= 15 is 0 Å². The van der Waals surface area contributed by atoms with Crippen LogP contribution in [0.15, 0.2) is 13.6 Å². The van der Waals surface area contributed by atoms with Gasteiger partial charge in [-0.15, -0.1) is 0 Å². The smallest absolute Gasteiger partial charge is 0.461 e. The van der Waals surface area contributed by atoms with Gasteiger partial charge in [-0.1, -0.05) is 0 Å². The average Bonchev–Trinajstić information content (AvgIpc) is 2.93. The van der Waals surface area contributed by atoms with Crippen molar-refractivity contribution in [1.29, 1.82) is 0 Å². The van der Waals surface area contributed by atoms with E-state index in [0.29, 0.717) is 11.8 Å². The number of ether oxygens (including phenoxy) is 4. The van der Waals surface area contributed by atoms with Crippen molar-refractivity contribution in [3.63, 3.8) is 0 Å². The van der Waals surface area contributed by atoms with Gasteiger partial charge < -0.3 is 33.1 Å². The standard InChI is InChI=1S/C16H21NO11S/c1-8(2)26-13(19)11(17-14(20)25-7-24-10(4)18)6-29-16(22)23-5-12-9(3)27-15(21)28-12/h8,11H,5-7H2,1-4H3,(H,17,20)/t11-/m0/s1. The largest absolute Gasteiger partial charge is 0.519 e. The Morgan fingerprint density at radius 3 is 2.34 bits per heavy atom. The Hall–Kier alpha value is -2.96. The van der Waals surface area contributed by atoms with Gasteiger partial charge in [-0.05, 0) is 32.5 Å². The molecule has 0 radical (unpaired) electrons. The number of nitrogens with one attached hydrogen (secondary N) is 1. The summed E-state index contributed by atoms with van der Waals surface area (Å²) in [7, 11) is 0. The number of alkyl carbamates (subject to hydrolysis) is 1. The van der Waals surface area contributed by atoms with Crippen LogP contribution in [0.1, 0.15) is 32.3 Å². The molecule has 1 aromatic rings. The van der Waals surface area contributed by atoms with E-state index in [1.165, 1.54) is 6.92 Å². The summed E-state index contributed by atoms with van der Waals surface area (Å²) < 4.78 is 28.3. The zero-order valence-corrected chi connectivity index (χ0v) is 17.0. The Balaban J connectivity index is 2.56. The lowest BCUT2D eigenvalue weighted by Crippen LogP contribution is -2.45. The second-order valence-electron chi connectivity index (χ2n) is 5.65. The van der Waals surface area contributed by atoms with Gasteiger partial charge in [0.15, 0.2) is 18.1 Å². The van der Waals surface area contributed by atoms with Crippen molar-refractivity contribution in [1.82, 2.24) is 5.32 Å². The average molecular weight is 435 g/mol. The highest BCUT2D eigenvalue weighted by molar-refractivity contribution is 8.13. The third-order valence-corrected chi connectivity index (χ3v) is 3.76. The normalized spacial score (nSPS) is 11.5. The zero-order chi connectivity index (χ0) is 22.0. The van der Waals surface area contributed by atoms with Gasteiger partial charge in [0.1, 0.15) is 6.04 Å². The first kappa shape index (κ1) is 24.1. The fraction of sp³-hybridized carbons (Fsp3) is 0.562.